The zero-order chi connectivity index (χ0) is 12.1. The van der Waals surface area contributed by atoms with Crippen molar-refractivity contribution in [2.24, 2.45) is 0 Å². The van der Waals surface area contributed by atoms with Gasteiger partial charge in [-0.1, -0.05) is 5.16 Å². The topological polar surface area (TPSA) is 76.7 Å². The second kappa shape index (κ2) is 5.49. The van der Waals surface area contributed by atoms with Crippen LogP contribution in [0.5, 0.6) is 0 Å². The molecule has 0 aliphatic carbocycles. The van der Waals surface area contributed by atoms with E-state index in [0.29, 0.717) is 23.5 Å². The maximum absolute atomic E-state index is 5.16. The van der Waals surface area contributed by atoms with E-state index in [1.165, 1.54) is 0 Å². The molecule has 1 N–H and O–H groups in total. The summed E-state index contributed by atoms with van der Waals surface area (Å²) in [5.41, 5.74) is 0.629. The molecular weight excluding hydrogens is 218 g/mol. The Bertz CT molecular complexity index is 456. The van der Waals surface area contributed by atoms with Crippen LogP contribution >= 0.6 is 0 Å². The van der Waals surface area contributed by atoms with E-state index >= 15 is 0 Å². The molecule has 0 amide bonds. The average Bonchev–Trinajstić information content (AvgIpc) is 2.86. The molecule has 90 valence electrons. The third-order valence-electron chi connectivity index (χ3n) is 2.54. The van der Waals surface area contributed by atoms with Gasteiger partial charge in [-0.15, -0.1) is 0 Å². The second-order valence-electron chi connectivity index (χ2n) is 3.83. The highest BCUT2D eigenvalue weighted by Gasteiger charge is 2.10. The Morgan fingerprint density at radius 1 is 1.41 bits per heavy atom. The Labute approximate surface area is 99.5 Å². The minimum absolute atomic E-state index is 0.432. The van der Waals surface area contributed by atoms with Crippen molar-refractivity contribution in [1.82, 2.24) is 25.4 Å². The minimum Gasteiger partial charge on any atom is -0.339 e. The maximum atomic E-state index is 5.16. The molecule has 6 heteroatoms. The molecule has 2 aromatic rings. The van der Waals surface area contributed by atoms with Crippen molar-refractivity contribution in [2.45, 2.75) is 25.8 Å². The van der Waals surface area contributed by atoms with Crippen molar-refractivity contribution in [2.75, 3.05) is 7.05 Å². The molecule has 2 rings (SSSR count). The number of aromatic nitrogens is 4. The molecule has 0 spiro atoms. The largest absolute Gasteiger partial charge is 0.339 e. The van der Waals surface area contributed by atoms with E-state index in [1.807, 2.05) is 7.05 Å². The van der Waals surface area contributed by atoms with Gasteiger partial charge in [0.2, 0.25) is 11.7 Å². The van der Waals surface area contributed by atoms with Gasteiger partial charge < -0.3 is 9.84 Å². The van der Waals surface area contributed by atoms with Gasteiger partial charge in [-0.2, -0.15) is 4.98 Å². The summed E-state index contributed by atoms with van der Waals surface area (Å²) in [6, 6.07) is 0.432. The van der Waals surface area contributed by atoms with Crippen molar-refractivity contribution < 1.29 is 4.52 Å². The van der Waals surface area contributed by atoms with E-state index in [-0.39, 0.29) is 0 Å². The lowest BCUT2D eigenvalue weighted by molar-refractivity contribution is 0.369. The number of nitrogens with zero attached hydrogens (tertiary/aromatic N) is 4. The second-order valence-corrected chi connectivity index (χ2v) is 3.83. The predicted octanol–water partition coefficient (Wildman–Crippen LogP) is 1.07. The minimum atomic E-state index is 0.432. The Morgan fingerprint density at radius 2 is 2.29 bits per heavy atom. The smallest absolute Gasteiger partial charge is 0.227 e. The van der Waals surface area contributed by atoms with E-state index in [0.717, 1.165) is 12.8 Å². The fraction of sp³-hybridized carbons (Fsp3) is 0.455. The molecule has 2 aromatic heterocycles. The highest BCUT2D eigenvalue weighted by atomic mass is 16.5. The van der Waals surface area contributed by atoms with Gasteiger partial charge in [-0.05, 0) is 20.4 Å². The first-order valence-electron chi connectivity index (χ1n) is 5.56. The SMILES string of the molecule is CNC(C)CCc1nc(-c2cnccn2)no1. The molecule has 0 aliphatic rings. The highest BCUT2D eigenvalue weighted by molar-refractivity contribution is 5.45. The summed E-state index contributed by atoms with van der Waals surface area (Å²) in [6.45, 7) is 2.11. The maximum Gasteiger partial charge on any atom is 0.227 e. The molecule has 0 saturated carbocycles. The fourth-order valence-electron chi connectivity index (χ4n) is 1.36. The molecule has 2 heterocycles. The quantitative estimate of drug-likeness (QED) is 0.832. The molecule has 0 aliphatic heterocycles. The van der Waals surface area contributed by atoms with Gasteiger partial charge in [0, 0.05) is 24.9 Å². The van der Waals surface area contributed by atoms with Crippen LogP contribution < -0.4 is 5.32 Å². The van der Waals surface area contributed by atoms with E-state index in [2.05, 4.69) is 32.3 Å². The van der Waals surface area contributed by atoms with Crippen molar-refractivity contribution in [3.05, 3.63) is 24.5 Å². The standard InChI is InChI=1S/C11H15N5O/c1-8(12-2)3-4-10-15-11(16-17-10)9-7-13-5-6-14-9/h5-8,12H,3-4H2,1-2H3. The molecule has 0 fully saturated rings. The predicted molar refractivity (Wildman–Crippen MR) is 62.2 cm³/mol. The van der Waals surface area contributed by atoms with Gasteiger partial charge in [-0.25, -0.2) is 4.98 Å². The molecule has 1 unspecified atom stereocenters. The third kappa shape index (κ3) is 3.07. The first kappa shape index (κ1) is 11.7. The van der Waals surface area contributed by atoms with Crippen molar-refractivity contribution >= 4 is 0 Å². The lowest BCUT2D eigenvalue weighted by Gasteiger charge is -2.06. The lowest BCUT2D eigenvalue weighted by Crippen LogP contribution is -2.21. The van der Waals surface area contributed by atoms with Gasteiger partial charge in [0.25, 0.3) is 0 Å². The Morgan fingerprint density at radius 3 is 3.00 bits per heavy atom. The lowest BCUT2D eigenvalue weighted by atomic mass is 10.2. The zero-order valence-electron chi connectivity index (χ0n) is 9.92. The van der Waals surface area contributed by atoms with Crippen molar-refractivity contribution in [3.8, 4) is 11.5 Å². The van der Waals surface area contributed by atoms with Crippen LogP contribution in [0.2, 0.25) is 0 Å². The Balaban J connectivity index is 2.01. The van der Waals surface area contributed by atoms with Crippen LogP contribution in [0.15, 0.2) is 23.1 Å². The summed E-state index contributed by atoms with van der Waals surface area (Å²) < 4.78 is 5.16. The summed E-state index contributed by atoms with van der Waals surface area (Å²) in [7, 11) is 1.93. The van der Waals surface area contributed by atoms with Crippen LogP contribution in [-0.4, -0.2) is 33.2 Å². The van der Waals surface area contributed by atoms with Crippen LogP contribution in [0.1, 0.15) is 19.2 Å². The van der Waals surface area contributed by atoms with Crippen molar-refractivity contribution in [1.29, 1.82) is 0 Å². The van der Waals surface area contributed by atoms with E-state index in [9.17, 15) is 0 Å². The van der Waals surface area contributed by atoms with Crippen LogP contribution in [-0.2, 0) is 6.42 Å². The molecule has 0 aromatic carbocycles. The third-order valence-corrected chi connectivity index (χ3v) is 2.54. The highest BCUT2D eigenvalue weighted by Crippen LogP contribution is 2.12. The van der Waals surface area contributed by atoms with Crippen LogP contribution in [0.3, 0.4) is 0 Å². The number of nitrogens with one attached hydrogen (secondary N) is 1. The first-order chi connectivity index (χ1) is 8.29. The Kier molecular flexibility index (Phi) is 3.77. The summed E-state index contributed by atoms with van der Waals surface area (Å²) in [5.74, 6) is 1.12. The molecular formula is C11H15N5O. The number of hydrogen-bond donors (Lipinski definition) is 1. The van der Waals surface area contributed by atoms with Gasteiger partial charge in [0.05, 0.1) is 6.20 Å². The molecule has 6 nitrogen and oxygen atoms in total. The van der Waals surface area contributed by atoms with E-state index in [1.54, 1.807) is 18.6 Å². The first-order valence-corrected chi connectivity index (χ1v) is 5.56. The van der Waals surface area contributed by atoms with Crippen LogP contribution in [0, 0.1) is 0 Å². The van der Waals surface area contributed by atoms with E-state index in [4.69, 9.17) is 4.52 Å². The van der Waals surface area contributed by atoms with Gasteiger partial charge in [0.1, 0.15) is 5.69 Å². The normalized spacial score (nSPS) is 12.6. The summed E-state index contributed by atoms with van der Waals surface area (Å²) >= 11 is 0. The monoisotopic (exact) mass is 233 g/mol. The summed E-state index contributed by atoms with van der Waals surface area (Å²) in [5, 5.41) is 7.04. The summed E-state index contributed by atoms with van der Waals surface area (Å²) in [4.78, 5) is 12.4. The number of aryl methyl sites for hydroxylation is 1. The summed E-state index contributed by atoms with van der Waals surface area (Å²) in [6.07, 6.45) is 6.55. The van der Waals surface area contributed by atoms with Crippen molar-refractivity contribution in [3.63, 3.8) is 0 Å². The number of hydrogen-bond acceptors (Lipinski definition) is 6. The molecule has 0 radical (unpaired) electrons. The van der Waals surface area contributed by atoms with Gasteiger partial charge >= 0.3 is 0 Å². The van der Waals surface area contributed by atoms with E-state index < -0.39 is 0 Å². The van der Waals surface area contributed by atoms with Crippen LogP contribution in [0.4, 0.5) is 0 Å². The molecule has 0 bridgehead atoms. The van der Waals surface area contributed by atoms with Gasteiger partial charge in [-0.3, -0.25) is 4.98 Å². The molecule has 1 atom stereocenters. The van der Waals surface area contributed by atoms with Gasteiger partial charge in [0.15, 0.2) is 0 Å². The number of rotatable bonds is 5. The average molecular weight is 233 g/mol. The Hall–Kier alpha value is -1.82. The fourth-order valence-corrected chi connectivity index (χ4v) is 1.36. The molecule has 17 heavy (non-hydrogen) atoms. The van der Waals surface area contributed by atoms with Crippen LogP contribution in [0.25, 0.3) is 11.5 Å². The zero-order valence-corrected chi connectivity index (χ0v) is 9.92. The molecule has 0 saturated heterocycles.